The van der Waals surface area contributed by atoms with Crippen LogP contribution >= 0.6 is 27.3 Å². The van der Waals surface area contributed by atoms with Crippen molar-refractivity contribution in [3.63, 3.8) is 0 Å². The van der Waals surface area contributed by atoms with Crippen molar-refractivity contribution in [2.24, 2.45) is 5.92 Å². The Morgan fingerprint density at radius 1 is 1.61 bits per heavy atom. The third kappa shape index (κ3) is 3.32. The molecule has 0 spiro atoms. The summed E-state index contributed by atoms with van der Waals surface area (Å²) in [5.41, 5.74) is 0. The number of halogens is 1. The van der Waals surface area contributed by atoms with E-state index in [-0.39, 0.29) is 17.9 Å². The number of hydrogen-bond donors (Lipinski definition) is 2. The average molecular weight is 333 g/mol. The third-order valence-electron chi connectivity index (χ3n) is 3.00. The summed E-state index contributed by atoms with van der Waals surface area (Å²) in [6.07, 6.45) is 0. The molecular weight excluding hydrogens is 316 g/mol. The van der Waals surface area contributed by atoms with Crippen molar-refractivity contribution in [1.82, 2.24) is 10.6 Å². The summed E-state index contributed by atoms with van der Waals surface area (Å²) in [6, 6.07) is 2.13. The van der Waals surface area contributed by atoms with Crippen LogP contribution in [0.2, 0.25) is 0 Å². The lowest BCUT2D eigenvalue weighted by Crippen LogP contribution is -2.43. The fourth-order valence-corrected chi connectivity index (χ4v) is 3.46. The first kappa shape index (κ1) is 14.0. The van der Waals surface area contributed by atoms with Gasteiger partial charge in [0, 0.05) is 15.4 Å². The average Bonchev–Trinajstić information content (AvgIpc) is 2.96. The van der Waals surface area contributed by atoms with Crippen molar-refractivity contribution >= 4 is 33.2 Å². The molecule has 2 heterocycles. The highest BCUT2D eigenvalue weighted by atomic mass is 79.9. The molecule has 1 amide bonds. The Morgan fingerprint density at radius 2 is 2.44 bits per heavy atom. The summed E-state index contributed by atoms with van der Waals surface area (Å²) in [5.74, 6) is -0.0116. The molecule has 6 heteroatoms. The lowest BCUT2D eigenvalue weighted by Gasteiger charge is -2.17. The molecule has 1 aliphatic rings. The standard InChI is InChI=1S/C12H17BrN2O2S/c1-2-14-10-7-17-6-8(10)12(16)15-5-11-9(13)3-4-18-11/h3-4,8,10,14H,2,5-7H2,1H3,(H,15,16). The Bertz CT molecular complexity index is 411. The monoisotopic (exact) mass is 332 g/mol. The Morgan fingerprint density at radius 3 is 3.11 bits per heavy atom. The minimum absolute atomic E-state index is 0.0683. The van der Waals surface area contributed by atoms with Gasteiger partial charge in [-0.05, 0) is 33.9 Å². The molecule has 0 radical (unpaired) electrons. The molecule has 0 aromatic carbocycles. The van der Waals surface area contributed by atoms with Crippen LogP contribution in [0.15, 0.2) is 15.9 Å². The molecule has 2 rings (SSSR count). The van der Waals surface area contributed by atoms with Crippen molar-refractivity contribution in [2.75, 3.05) is 19.8 Å². The molecular formula is C12H17BrN2O2S. The van der Waals surface area contributed by atoms with E-state index >= 15 is 0 Å². The molecule has 1 saturated heterocycles. The summed E-state index contributed by atoms with van der Waals surface area (Å²) < 4.78 is 6.43. The zero-order chi connectivity index (χ0) is 13.0. The Balaban J connectivity index is 1.86. The maximum Gasteiger partial charge on any atom is 0.227 e. The number of amides is 1. The van der Waals surface area contributed by atoms with Gasteiger partial charge >= 0.3 is 0 Å². The van der Waals surface area contributed by atoms with E-state index in [1.165, 1.54) is 0 Å². The largest absolute Gasteiger partial charge is 0.379 e. The van der Waals surface area contributed by atoms with E-state index in [9.17, 15) is 4.79 Å². The normalized spacial score (nSPS) is 23.2. The first-order valence-corrected chi connectivity index (χ1v) is 7.70. The van der Waals surface area contributed by atoms with E-state index in [1.54, 1.807) is 11.3 Å². The Hall–Kier alpha value is -0.430. The SMILES string of the molecule is CCNC1COCC1C(=O)NCc1sccc1Br. The number of rotatable bonds is 5. The van der Waals surface area contributed by atoms with E-state index in [2.05, 4.69) is 26.6 Å². The van der Waals surface area contributed by atoms with Crippen LogP contribution in [0.1, 0.15) is 11.8 Å². The van der Waals surface area contributed by atoms with Gasteiger partial charge < -0.3 is 15.4 Å². The molecule has 2 atom stereocenters. The molecule has 1 aliphatic heterocycles. The minimum atomic E-state index is -0.0799. The molecule has 0 bridgehead atoms. The summed E-state index contributed by atoms with van der Waals surface area (Å²) in [5, 5.41) is 8.27. The second-order valence-corrected chi connectivity index (χ2v) is 6.07. The number of nitrogens with one attached hydrogen (secondary N) is 2. The third-order valence-corrected chi connectivity index (χ3v) is 4.92. The van der Waals surface area contributed by atoms with Crippen molar-refractivity contribution in [3.05, 3.63) is 20.8 Å². The van der Waals surface area contributed by atoms with Gasteiger partial charge in [0.15, 0.2) is 0 Å². The molecule has 0 aliphatic carbocycles. The maximum atomic E-state index is 12.1. The molecule has 1 fully saturated rings. The summed E-state index contributed by atoms with van der Waals surface area (Å²) in [6.45, 7) is 4.60. The van der Waals surface area contributed by atoms with E-state index in [1.807, 2.05) is 18.4 Å². The topological polar surface area (TPSA) is 50.4 Å². The second kappa shape index (κ2) is 6.65. The number of likely N-dealkylation sites (N-methyl/N-ethyl adjacent to an activating group) is 1. The molecule has 100 valence electrons. The van der Waals surface area contributed by atoms with E-state index in [0.717, 1.165) is 15.9 Å². The maximum absolute atomic E-state index is 12.1. The van der Waals surface area contributed by atoms with Gasteiger partial charge in [-0.1, -0.05) is 6.92 Å². The van der Waals surface area contributed by atoms with Crippen LogP contribution < -0.4 is 10.6 Å². The molecule has 2 N–H and O–H groups in total. The Kier molecular flexibility index (Phi) is 5.17. The second-order valence-electron chi connectivity index (χ2n) is 4.22. The van der Waals surface area contributed by atoms with E-state index in [0.29, 0.717) is 19.8 Å². The molecule has 0 saturated carbocycles. The van der Waals surface area contributed by atoms with Crippen LogP contribution in [0, 0.1) is 5.92 Å². The van der Waals surface area contributed by atoms with Crippen molar-refractivity contribution in [3.8, 4) is 0 Å². The molecule has 1 aromatic rings. The quantitative estimate of drug-likeness (QED) is 0.863. The van der Waals surface area contributed by atoms with Crippen LogP contribution in [0.3, 0.4) is 0 Å². The Labute approximate surface area is 119 Å². The van der Waals surface area contributed by atoms with Gasteiger partial charge in [0.05, 0.1) is 25.7 Å². The highest BCUT2D eigenvalue weighted by Crippen LogP contribution is 2.22. The van der Waals surface area contributed by atoms with Crippen LogP contribution in [0.5, 0.6) is 0 Å². The smallest absolute Gasteiger partial charge is 0.227 e. The number of carbonyl (C=O) groups excluding carboxylic acids is 1. The lowest BCUT2D eigenvalue weighted by atomic mass is 10.0. The number of thiophene rings is 1. The first-order chi connectivity index (χ1) is 8.72. The van der Waals surface area contributed by atoms with Crippen molar-refractivity contribution in [1.29, 1.82) is 0 Å². The zero-order valence-electron chi connectivity index (χ0n) is 10.2. The summed E-state index contributed by atoms with van der Waals surface area (Å²) >= 11 is 5.10. The lowest BCUT2D eigenvalue weighted by molar-refractivity contribution is -0.125. The predicted octanol–water partition coefficient (Wildman–Crippen LogP) is 1.75. The van der Waals surface area contributed by atoms with Crippen LogP contribution in [0.25, 0.3) is 0 Å². The summed E-state index contributed by atoms with van der Waals surface area (Å²) in [4.78, 5) is 13.2. The molecule has 18 heavy (non-hydrogen) atoms. The highest BCUT2D eigenvalue weighted by Gasteiger charge is 2.33. The van der Waals surface area contributed by atoms with Gasteiger partial charge in [-0.25, -0.2) is 0 Å². The van der Waals surface area contributed by atoms with Crippen LogP contribution in [-0.2, 0) is 16.1 Å². The fraction of sp³-hybridized carbons (Fsp3) is 0.583. The van der Waals surface area contributed by atoms with E-state index < -0.39 is 0 Å². The minimum Gasteiger partial charge on any atom is -0.379 e. The van der Waals surface area contributed by atoms with Crippen LogP contribution in [-0.4, -0.2) is 31.7 Å². The van der Waals surface area contributed by atoms with Gasteiger partial charge in [-0.15, -0.1) is 11.3 Å². The van der Waals surface area contributed by atoms with Gasteiger partial charge in [-0.3, -0.25) is 4.79 Å². The van der Waals surface area contributed by atoms with Crippen molar-refractivity contribution < 1.29 is 9.53 Å². The number of carbonyl (C=O) groups is 1. The molecule has 1 aromatic heterocycles. The van der Waals surface area contributed by atoms with Gasteiger partial charge in [0.2, 0.25) is 5.91 Å². The van der Waals surface area contributed by atoms with E-state index in [4.69, 9.17) is 4.74 Å². The highest BCUT2D eigenvalue weighted by molar-refractivity contribution is 9.10. The zero-order valence-corrected chi connectivity index (χ0v) is 12.6. The van der Waals surface area contributed by atoms with Crippen LogP contribution in [0.4, 0.5) is 0 Å². The predicted molar refractivity (Wildman–Crippen MR) is 75.6 cm³/mol. The molecule has 2 unspecified atom stereocenters. The fourth-order valence-electron chi connectivity index (χ4n) is 2.03. The van der Waals surface area contributed by atoms with Gasteiger partial charge in [0.25, 0.3) is 0 Å². The van der Waals surface area contributed by atoms with Gasteiger partial charge in [0.1, 0.15) is 0 Å². The summed E-state index contributed by atoms with van der Waals surface area (Å²) in [7, 11) is 0. The number of ether oxygens (including phenoxy) is 1. The molecule has 4 nitrogen and oxygen atoms in total. The first-order valence-electron chi connectivity index (χ1n) is 6.03. The van der Waals surface area contributed by atoms with Gasteiger partial charge in [-0.2, -0.15) is 0 Å². The van der Waals surface area contributed by atoms with Crippen molar-refractivity contribution in [2.45, 2.75) is 19.5 Å². The number of hydrogen-bond acceptors (Lipinski definition) is 4.